The van der Waals surface area contributed by atoms with Crippen LogP contribution in [0.2, 0.25) is 0 Å². The Kier molecular flexibility index (Phi) is 4.45. The van der Waals surface area contributed by atoms with Crippen LogP contribution in [-0.4, -0.2) is 49.8 Å². The minimum absolute atomic E-state index is 0.485. The highest BCUT2D eigenvalue weighted by Gasteiger charge is 2.38. The van der Waals surface area contributed by atoms with Crippen molar-refractivity contribution in [3.63, 3.8) is 0 Å². The van der Waals surface area contributed by atoms with Crippen molar-refractivity contribution < 1.29 is 4.74 Å². The molecule has 0 aromatic rings. The molecular weight excluding hydrogens is 236 g/mol. The third-order valence-electron chi connectivity index (χ3n) is 5.41. The Morgan fingerprint density at radius 1 is 1.21 bits per heavy atom. The summed E-state index contributed by atoms with van der Waals surface area (Å²) in [6.45, 7) is 8.13. The number of ether oxygens (including phenoxy) is 1. The van der Waals surface area contributed by atoms with Crippen LogP contribution < -0.4 is 5.32 Å². The highest BCUT2D eigenvalue weighted by Crippen LogP contribution is 2.35. The summed E-state index contributed by atoms with van der Waals surface area (Å²) in [6.07, 6.45) is 9.43. The topological polar surface area (TPSA) is 24.5 Å². The van der Waals surface area contributed by atoms with E-state index < -0.39 is 0 Å². The van der Waals surface area contributed by atoms with E-state index in [-0.39, 0.29) is 0 Å². The molecule has 3 rings (SSSR count). The second-order valence-electron chi connectivity index (χ2n) is 6.94. The van der Waals surface area contributed by atoms with Gasteiger partial charge in [0.2, 0.25) is 0 Å². The molecular formula is C16H30N2O. The SMILES string of the molecule is CCC1CCCN1CC1(CNC2CC2)CCOCC1. The maximum atomic E-state index is 5.62. The summed E-state index contributed by atoms with van der Waals surface area (Å²) in [7, 11) is 0. The fraction of sp³-hybridized carbons (Fsp3) is 1.00. The van der Waals surface area contributed by atoms with Crippen molar-refractivity contribution in [2.75, 3.05) is 32.8 Å². The summed E-state index contributed by atoms with van der Waals surface area (Å²) in [6, 6.07) is 1.68. The lowest BCUT2D eigenvalue weighted by molar-refractivity contribution is -0.00685. The molecule has 0 aromatic carbocycles. The summed E-state index contributed by atoms with van der Waals surface area (Å²) in [5.74, 6) is 0. The van der Waals surface area contributed by atoms with Crippen molar-refractivity contribution in [1.29, 1.82) is 0 Å². The van der Waals surface area contributed by atoms with Crippen LogP contribution >= 0.6 is 0 Å². The van der Waals surface area contributed by atoms with Gasteiger partial charge in [-0.05, 0) is 56.9 Å². The second-order valence-corrected chi connectivity index (χ2v) is 6.94. The lowest BCUT2D eigenvalue weighted by atomic mass is 9.79. The monoisotopic (exact) mass is 266 g/mol. The Bertz CT molecular complexity index is 284. The zero-order valence-corrected chi connectivity index (χ0v) is 12.5. The zero-order chi connectivity index (χ0) is 13.1. The summed E-state index contributed by atoms with van der Waals surface area (Å²) >= 11 is 0. The van der Waals surface area contributed by atoms with Crippen molar-refractivity contribution in [2.24, 2.45) is 5.41 Å². The molecule has 19 heavy (non-hydrogen) atoms. The number of nitrogens with one attached hydrogen (secondary N) is 1. The highest BCUT2D eigenvalue weighted by atomic mass is 16.5. The van der Waals surface area contributed by atoms with E-state index in [0.29, 0.717) is 5.41 Å². The van der Waals surface area contributed by atoms with E-state index in [1.54, 1.807) is 0 Å². The number of rotatable bonds is 6. The Hall–Kier alpha value is -0.120. The van der Waals surface area contributed by atoms with Gasteiger partial charge in [0, 0.05) is 38.4 Å². The molecule has 0 radical (unpaired) electrons. The minimum atomic E-state index is 0.485. The first-order valence-electron chi connectivity index (χ1n) is 8.36. The fourth-order valence-corrected chi connectivity index (χ4v) is 3.84. The molecule has 1 unspecified atom stereocenters. The summed E-state index contributed by atoms with van der Waals surface area (Å²) in [4.78, 5) is 2.78. The van der Waals surface area contributed by atoms with Gasteiger partial charge in [-0.1, -0.05) is 6.92 Å². The molecule has 2 heterocycles. The van der Waals surface area contributed by atoms with Crippen LogP contribution in [0.15, 0.2) is 0 Å². The molecule has 3 heteroatoms. The first-order chi connectivity index (χ1) is 9.31. The Labute approximate surface area is 118 Å². The van der Waals surface area contributed by atoms with Crippen molar-refractivity contribution in [2.45, 2.75) is 64.0 Å². The molecule has 110 valence electrons. The van der Waals surface area contributed by atoms with E-state index in [2.05, 4.69) is 17.1 Å². The smallest absolute Gasteiger partial charge is 0.0472 e. The van der Waals surface area contributed by atoms with E-state index in [1.807, 2.05) is 0 Å². The van der Waals surface area contributed by atoms with E-state index >= 15 is 0 Å². The van der Waals surface area contributed by atoms with Gasteiger partial charge < -0.3 is 10.1 Å². The van der Waals surface area contributed by atoms with Gasteiger partial charge in [0.1, 0.15) is 0 Å². The normalized spacial score (nSPS) is 31.7. The van der Waals surface area contributed by atoms with Crippen LogP contribution in [0.25, 0.3) is 0 Å². The number of likely N-dealkylation sites (tertiary alicyclic amines) is 1. The molecule has 1 saturated carbocycles. The molecule has 2 aliphatic heterocycles. The highest BCUT2D eigenvalue weighted by molar-refractivity contribution is 4.93. The maximum absolute atomic E-state index is 5.62. The van der Waals surface area contributed by atoms with Gasteiger partial charge in [0.25, 0.3) is 0 Å². The van der Waals surface area contributed by atoms with Crippen LogP contribution in [0.5, 0.6) is 0 Å². The first-order valence-corrected chi connectivity index (χ1v) is 8.36. The quantitative estimate of drug-likeness (QED) is 0.799. The van der Waals surface area contributed by atoms with Gasteiger partial charge >= 0.3 is 0 Å². The molecule has 0 bridgehead atoms. The summed E-state index contributed by atoms with van der Waals surface area (Å²) in [5, 5.41) is 3.79. The van der Waals surface area contributed by atoms with Gasteiger partial charge in [0.05, 0.1) is 0 Å². The average Bonchev–Trinajstić information content (AvgIpc) is 3.17. The van der Waals surface area contributed by atoms with Crippen LogP contribution in [-0.2, 0) is 4.74 Å². The van der Waals surface area contributed by atoms with Crippen LogP contribution in [0.4, 0.5) is 0 Å². The zero-order valence-electron chi connectivity index (χ0n) is 12.5. The van der Waals surface area contributed by atoms with Crippen molar-refractivity contribution in [1.82, 2.24) is 10.2 Å². The number of nitrogens with zero attached hydrogens (tertiary/aromatic N) is 1. The third kappa shape index (κ3) is 3.50. The Morgan fingerprint density at radius 2 is 2.00 bits per heavy atom. The van der Waals surface area contributed by atoms with E-state index in [0.717, 1.165) is 25.3 Å². The largest absolute Gasteiger partial charge is 0.381 e. The van der Waals surface area contributed by atoms with Crippen molar-refractivity contribution in [3.05, 3.63) is 0 Å². The van der Waals surface area contributed by atoms with Crippen LogP contribution in [0, 0.1) is 5.41 Å². The predicted octanol–water partition coefficient (Wildman–Crippen LogP) is 2.41. The van der Waals surface area contributed by atoms with E-state index in [9.17, 15) is 0 Å². The summed E-state index contributed by atoms with van der Waals surface area (Å²) in [5.41, 5.74) is 0.485. The molecule has 1 N–H and O–H groups in total. The molecule has 0 aromatic heterocycles. The van der Waals surface area contributed by atoms with Crippen LogP contribution in [0.1, 0.15) is 51.9 Å². The predicted molar refractivity (Wildman–Crippen MR) is 78.4 cm³/mol. The van der Waals surface area contributed by atoms with Gasteiger partial charge in [-0.15, -0.1) is 0 Å². The molecule has 2 saturated heterocycles. The maximum Gasteiger partial charge on any atom is 0.0472 e. The number of hydrogen-bond acceptors (Lipinski definition) is 3. The van der Waals surface area contributed by atoms with Gasteiger partial charge in [-0.2, -0.15) is 0 Å². The minimum Gasteiger partial charge on any atom is -0.381 e. The molecule has 1 aliphatic carbocycles. The lowest BCUT2D eigenvalue weighted by Crippen LogP contribution is -2.48. The second kappa shape index (κ2) is 6.11. The average molecular weight is 266 g/mol. The lowest BCUT2D eigenvalue weighted by Gasteiger charge is -2.42. The molecule has 3 fully saturated rings. The van der Waals surface area contributed by atoms with Crippen molar-refractivity contribution >= 4 is 0 Å². The Morgan fingerprint density at radius 3 is 2.68 bits per heavy atom. The van der Waals surface area contributed by atoms with Gasteiger partial charge in [-0.25, -0.2) is 0 Å². The molecule has 0 amide bonds. The molecule has 3 nitrogen and oxygen atoms in total. The first kappa shape index (κ1) is 13.8. The Balaban J connectivity index is 1.60. The van der Waals surface area contributed by atoms with Crippen LogP contribution in [0.3, 0.4) is 0 Å². The van der Waals surface area contributed by atoms with E-state index in [4.69, 9.17) is 4.74 Å². The summed E-state index contributed by atoms with van der Waals surface area (Å²) < 4.78 is 5.62. The third-order valence-corrected chi connectivity index (χ3v) is 5.41. The van der Waals surface area contributed by atoms with Gasteiger partial charge in [0.15, 0.2) is 0 Å². The van der Waals surface area contributed by atoms with Gasteiger partial charge in [-0.3, -0.25) is 4.90 Å². The van der Waals surface area contributed by atoms with E-state index in [1.165, 1.54) is 64.6 Å². The fourth-order valence-electron chi connectivity index (χ4n) is 3.84. The molecule has 3 aliphatic rings. The van der Waals surface area contributed by atoms with Crippen molar-refractivity contribution in [3.8, 4) is 0 Å². The molecule has 1 atom stereocenters. The number of hydrogen-bond donors (Lipinski definition) is 1. The standard InChI is InChI=1S/C16H30N2O/c1-2-15-4-3-9-18(15)13-16(7-10-19-11-8-16)12-17-14-5-6-14/h14-15,17H,2-13H2,1H3. The molecule has 0 spiro atoms.